The Hall–Kier alpha value is -2.36. The van der Waals surface area contributed by atoms with Gasteiger partial charge in [-0.15, -0.1) is 0 Å². The maximum atomic E-state index is 5.32. The summed E-state index contributed by atoms with van der Waals surface area (Å²) >= 11 is 0. The Labute approximate surface area is 105 Å². The number of hydrogen-bond acceptors (Lipinski definition) is 3. The lowest BCUT2D eigenvalue weighted by molar-refractivity contribution is 0.327. The summed E-state index contributed by atoms with van der Waals surface area (Å²) in [6.07, 6.45) is 3.62. The van der Waals surface area contributed by atoms with Crippen LogP contribution < -0.4 is 4.74 Å². The number of aromatic nitrogens is 3. The molecule has 0 N–H and O–H groups in total. The molecule has 1 aromatic carbocycles. The third-order valence-electron chi connectivity index (χ3n) is 2.73. The van der Waals surface area contributed by atoms with Crippen molar-refractivity contribution in [3.63, 3.8) is 0 Å². The average molecular weight is 239 g/mol. The second-order valence-electron chi connectivity index (χ2n) is 3.90. The molecule has 0 saturated carbocycles. The highest BCUT2D eigenvalue weighted by atomic mass is 16.5. The molecule has 0 aliphatic rings. The van der Waals surface area contributed by atoms with E-state index in [1.54, 1.807) is 6.20 Å². The molecule has 3 aromatic rings. The topological polar surface area (TPSA) is 39.9 Å². The van der Waals surface area contributed by atoms with Crippen LogP contribution in [0.4, 0.5) is 0 Å². The lowest BCUT2D eigenvalue weighted by Gasteiger charge is -2.05. The van der Waals surface area contributed by atoms with E-state index < -0.39 is 0 Å². The predicted octanol–water partition coefficient (Wildman–Crippen LogP) is 2.82. The Morgan fingerprint density at radius 3 is 2.78 bits per heavy atom. The van der Waals surface area contributed by atoms with Crippen molar-refractivity contribution < 1.29 is 4.74 Å². The van der Waals surface area contributed by atoms with Gasteiger partial charge in [0.2, 0.25) is 5.88 Å². The van der Waals surface area contributed by atoms with E-state index in [2.05, 4.69) is 10.1 Å². The molecule has 2 aromatic heterocycles. The minimum absolute atomic E-state index is 0.622. The number of nitrogens with zero attached hydrogens (tertiary/aromatic N) is 3. The van der Waals surface area contributed by atoms with Crippen LogP contribution in [0.15, 0.2) is 48.8 Å². The first-order chi connectivity index (χ1) is 8.88. The molecular formula is C14H13N3O. The first kappa shape index (κ1) is 10.8. The van der Waals surface area contributed by atoms with Crippen molar-refractivity contribution in [2.45, 2.75) is 6.92 Å². The highest BCUT2D eigenvalue weighted by Crippen LogP contribution is 2.18. The van der Waals surface area contributed by atoms with Crippen molar-refractivity contribution in [1.29, 1.82) is 0 Å². The molecule has 0 unspecified atom stereocenters. The van der Waals surface area contributed by atoms with Gasteiger partial charge in [0, 0.05) is 11.5 Å². The Balaban J connectivity index is 2.03. The number of hydrogen-bond donors (Lipinski definition) is 0. The molecule has 0 radical (unpaired) electrons. The van der Waals surface area contributed by atoms with Crippen LogP contribution in [0.2, 0.25) is 0 Å². The SMILES string of the molecule is CCOc1ccc(-n2ncc3ccccc32)cn1. The lowest BCUT2D eigenvalue weighted by Crippen LogP contribution is -1.98. The first-order valence-electron chi connectivity index (χ1n) is 5.90. The molecule has 0 aliphatic heterocycles. The van der Waals surface area contributed by atoms with Gasteiger partial charge in [-0.2, -0.15) is 5.10 Å². The van der Waals surface area contributed by atoms with Crippen LogP contribution in [-0.2, 0) is 0 Å². The van der Waals surface area contributed by atoms with Crippen LogP contribution in [0.5, 0.6) is 5.88 Å². The molecule has 2 heterocycles. The number of benzene rings is 1. The highest BCUT2D eigenvalue weighted by Gasteiger charge is 2.04. The van der Waals surface area contributed by atoms with Gasteiger partial charge in [0.25, 0.3) is 0 Å². The maximum absolute atomic E-state index is 5.32. The number of para-hydroxylation sites is 1. The summed E-state index contributed by atoms with van der Waals surface area (Å²) in [5.41, 5.74) is 2.00. The van der Waals surface area contributed by atoms with Gasteiger partial charge < -0.3 is 4.74 Å². The largest absolute Gasteiger partial charge is 0.478 e. The van der Waals surface area contributed by atoms with Crippen molar-refractivity contribution in [2.75, 3.05) is 6.61 Å². The summed E-state index contributed by atoms with van der Waals surface area (Å²) in [7, 11) is 0. The number of fused-ring (bicyclic) bond motifs is 1. The molecule has 4 nitrogen and oxygen atoms in total. The van der Waals surface area contributed by atoms with Crippen LogP contribution in [0.1, 0.15) is 6.92 Å². The summed E-state index contributed by atoms with van der Waals surface area (Å²) < 4.78 is 7.20. The van der Waals surface area contributed by atoms with Crippen LogP contribution in [0, 0.1) is 0 Å². The van der Waals surface area contributed by atoms with E-state index >= 15 is 0 Å². The zero-order chi connectivity index (χ0) is 12.4. The number of rotatable bonds is 3. The fourth-order valence-electron chi connectivity index (χ4n) is 1.91. The molecule has 0 spiro atoms. The predicted molar refractivity (Wildman–Crippen MR) is 70.0 cm³/mol. The molecular weight excluding hydrogens is 226 g/mol. The van der Waals surface area contributed by atoms with Gasteiger partial charge in [-0.1, -0.05) is 18.2 Å². The Bertz CT molecular complexity index is 658. The maximum Gasteiger partial charge on any atom is 0.213 e. The summed E-state index contributed by atoms with van der Waals surface area (Å²) in [5.74, 6) is 0.637. The Morgan fingerprint density at radius 1 is 1.11 bits per heavy atom. The van der Waals surface area contributed by atoms with Gasteiger partial charge in [0.1, 0.15) is 0 Å². The zero-order valence-corrected chi connectivity index (χ0v) is 10.1. The molecule has 0 fully saturated rings. The summed E-state index contributed by atoms with van der Waals surface area (Å²) in [6.45, 7) is 2.56. The van der Waals surface area contributed by atoms with Gasteiger partial charge in [0.05, 0.1) is 30.2 Å². The third kappa shape index (κ3) is 1.82. The quantitative estimate of drug-likeness (QED) is 0.705. The number of pyridine rings is 1. The van der Waals surface area contributed by atoms with Crippen LogP contribution >= 0.6 is 0 Å². The summed E-state index contributed by atoms with van der Waals surface area (Å²) in [5, 5.41) is 5.49. The third-order valence-corrected chi connectivity index (χ3v) is 2.73. The standard InChI is InChI=1S/C14H13N3O/c1-2-18-14-8-7-12(10-15-14)17-13-6-4-3-5-11(13)9-16-17/h3-10H,2H2,1H3. The Kier molecular flexibility index (Phi) is 2.68. The van der Waals surface area contributed by atoms with Crippen molar-refractivity contribution in [2.24, 2.45) is 0 Å². The smallest absolute Gasteiger partial charge is 0.213 e. The molecule has 90 valence electrons. The van der Waals surface area contributed by atoms with E-state index in [1.807, 2.05) is 54.2 Å². The minimum atomic E-state index is 0.622. The molecule has 4 heteroatoms. The second kappa shape index (κ2) is 4.49. The normalized spacial score (nSPS) is 10.7. The molecule has 0 amide bonds. The lowest BCUT2D eigenvalue weighted by atomic mass is 10.2. The van der Waals surface area contributed by atoms with Crippen molar-refractivity contribution in [3.05, 3.63) is 48.8 Å². The van der Waals surface area contributed by atoms with Crippen LogP contribution in [0.3, 0.4) is 0 Å². The molecule has 3 rings (SSSR count). The second-order valence-corrected chi connectivity index (χ2v) is 3.90. The fraction of sp³-hybridized carbons (Fsp3) is 0.143. The zero-order valence-electron chi connectivity index (χ0n) is 10.1. The van der Waals surface area contributed by atoms with Gasteiger partial charge in [-0.3, -0.25) is 0 Å². The van der Waals surface area contributed by atoms with Crippen LogP contribution in [-0.4, -0.2) is 21.4 Å². The highest BCUT2D eigenvalue weighted by molar-refractivity contribution is 5.79. The number of ether oxygens (including phenoxy) is 1. The van der Waals surface area contributed by atoms with E-state index in [0.29, 0.717) is 12.5 Å². The monoisotopic (exact) mass is 239 g/mol. The molecule has 18 heavy (non-hydrogen) atoms. The van der Waals surface area contributed by atoms with Gasteiger partial charge in [-0.25, -0.2) is 9.67 Å². The molecule has 0 bridgehead atoms. The van der Waals surface area contributed by atoms with Crippen molar-refractivity contribution in [1.82, 2.24) is 14.8 Å². The van der Waals surface area contributed by atoms with E-state index in [9.17, 15) is 0 Å². The van der Waals surface area contributed by atoms with Crippen molar-refractivity contribution in [3.8, 4) is 11.6 Å². The summed E-state index contributed by atoms with van der Waals surface area (Å²) in [4.78, 5) is 4.25. The minimum Gasteiger partial charge on any atom is -0.478 e. The molecule has 0 saturated heterocycles. The van der Waals surface area contributed by atoms with Crippen LogP contribution in [0.25, 0.3) is 16.6 Å². The van der Waals surface area contributed by atoms with E-state index in [4.69, 9.17) is 4.74 Å². The first-order valence-corrected chi connectivity index (χ1v) is 5.90. The van der Waals surface area contributed by atoms with Gasteiger partial charge in [0.15, 0.2) is 0 Å². The average Bonchev–Trinajstić information content (AvgIpc) is 2.84. The summed E-state index contributed by atoms with van der Waals surface area (Å²) in [6, 6.07) is 11.9. The van der Waals surface area contributed by atoms with Crippen molar-refractivity contribution >= 4 is 10.9 Å². The molecule has 0 aliphatic carbocycles. The molecule has 0 atom stereocenters. The Morgan fingerprint density at radius 2 is 2.00 bits per heavy atom. The fourth-order valence-corrected chi connectivity index (χ4v) is 1.91. The van der Waals surface area contributed by atoms with E-state index in [1.165, 1.54) is 0 Å². The van der Waals surface area contributed by atoms with E-state index in [-0.39, 0.29) is 0 Å². The van der Waals surface area contributed by atoms with Gasteiger partial charge in [-0.05, 0) is 19.1 Å². The van der Waals surface area contributed by atoms with Gasteiger partial charge >= 0.3 is 0 Å². The van der Waals surface area contributed by atoms with E-state index in [0.717, 1.165) is 16.6 Å².